The van der Waals surface area contributed by atoms with Crippen LogP contribution in [-0.2, 0) is 9.53 Å². The second kappa shape index (κ2) is 9.24. The summed E-state index contributed by atoms with van der Waals surface area (Å²) in [5.74, 6) is 0.0964. The number of carbonyl (C=O) groups excluding carboxylic acids is 1. The Morgan fingerprint density at radius 1 is 0.958 bits per heavy atom. The molecule has 0 amide bonds. The summed E-state index contributed by atoms with van der Waals surface area (Å²) in [6.45, 7) is 6.47. The maximum Gasteiger partial charge on any atom is 0.323 e. The fourth-order valence-corrected chi connectivity index (χ4v) is 2.89. The van der Waals surface area contributed by atoms with E-state index in [4.69, 9.17) is 4.74 Å². The van der Waals surface area contributed by atoms with Crippen molar-refractivity contribution in [1.82, 2.24) is 5.32 Å². The molecule has 0 aliphatic carbocycles. The molecule has 1 N–H and O–H groups in total. The van der Waals surface area contributed by atoms with Gasteiger partial charge >= 0.3 is 5.97 Å². The number of hydrogen-bond acceptors (Lipinski definition) is 3. The van der Waals surface area contributed by atoms with Gasteiger partial charge in [0.2, 0.25) is 0 Å². The van der Waals surface area contributed by atoms with Crippen LogP contribution in [0.25, 0.3) is 0 Å². The molecule has 0 aromatic heterocycles. The predicted molar refractivity (Wildman–Crippen MR) is 97.9 cm³/mol. The highest BCUT2D eigenvalue weighted by Crippen LogP contribution is 2.22. The van der Waals surface area contributed by atoms with Crippen LogP contribution < -0.4 is 5.32 Å². The molecule has 0 saturated carbocycles. The van der Waals surface area contributed by atoms with Crippen LogP contribution in [0.5, 0.6) is 0 Å². The molecule has 0 heterocycles. The molecule has 0 aliphatic heterocycles. The van der Waals surface area contributed by atoms with Crippen LogP contribution in [0.3, 0.4) is 0 Å². The lowest BCUT2D eigenvalue weighted by Crippen LogP contribution is -2.40. The minimum absolute atomic E-state index is 0.0866. The Bertz CT molecular complexity index is 565. The van der Waals surface area contributed by atoms with Gasteiger partial charge in [0, 0.05) is 6.04 Å². The van der Waals surface area contributed by atoms with Crippen molar-refractivity contribution in [2.45, 2.75) is 45.2 Å². The van der Waals surface area contributed by atoms with Crippen LogP contribution >= 0.6 is 0 Å². The highest BCUT2D eigenvalue weighted by Gasteiger charge is 2.25. The number of ether oxygens (including phenoxy) is 1. The third-order valence-corrected chi connectivity index (χ3v) is 4.28. The molecule has 3 nitrogen and oxygen atoms in total. The lowest BCUT2D eigenvalue weighted by atomic mass is 9.93. The van der Waals surface area contributed by atoms with Gasteiger partial charge in [-0.15, -0.1) is 0 Å². The molecule has 24 heavy (non-hydrogen) atoms. The zero-order valence-electron chi connectivity index (χ0n) is 14.7. The maximum atomic E-state index is 12.4. The number of rotatable bonds is 8. The van der Waals surface area contributed by atoms with E-state index >= 15 is 0 Å². The monoisotopic (exact) mass is 325 g/mol. The Kier molecular flexibility index (Phi) is 7.01. The average molecular weight is 325 g/mol. The Hall–Kier alpha value is -2.13. The number of carbonyl (C=O) groups is 1. The minimum atomic E-state index is -0.324. The van der Waals surface area contributed by atoms with Crippen molar-refractivity contribution in [3.05, 3.63) is 71.8 Å². The van der Waals surface area contributed by atoms with E-state index in [1.807, 2.05) is 43.3 Å². The summed E-state index contributed by atoms with van der Waals surface area (Å²) >= 11 is 0. The van der Waals surface area contributed by atoms with Gasteiger partial charge in [-0.25, -0.2) is 0 Å². The normalized spacial score (nSPS) is 14.6. The molecule has 2 rings (SSSR count). The first-order valence-electron chi connectivity index (χ1n) is 8.64. The van der Waals surface area contributed by atoms with Crippen LogP contribution in [-0.4, -0.2) is 18.6 Å². The van der Waals surface area contributed by atoms with Crippen LogP contribution in [0, 0.1) is 0 Å². The van der Waals surface area contributed by atoms with Gasteiger partial charge in [0.05, 0.1) is 6.61 Å². The summed E-state index contributed by atoms with van der Waals surface area (Å²) in [7, 11) is 0. The Morgan fingerprint density at radius 2 is 1.50 bits per heavy atom. The van der Waals surface area contributed by atoms with Crippen LogP contribution in [0.15, 0.2) is 60.7 Å². The fraction of sp³-hybridized carbons (Fsp3) is 0.381. The Labute approximate surface area is 145 Å². The van der Waals surface area contributed by atoms with Crippen molar-refractivity contribution < 1.29 is 9.53 Å². The second-order valence-corrected chi connectivity index (χ2v) is 6.15. The topological polar surface area (TPSA) is 38.3 Å². The lowest BCUT2D eigenvalue weighted by Gasteiger charge is -2.25. The van der Waals surface area contributed by atoms with Crippen LogP contribution in [0.2, 0.25) is 0 Å². The quantitative estimate of drug-likeness (QED) is 0.728. The van der Waals surface area contributed by atoms with Gasteiger partial charge in [-0.2, -0.15) is 0 Å². The van der Waals surface area contributed by atoms with Crippen molar-refractivity contribution >= 4 is 5.97 Å². The van der Waals surface area contributed by atoms with Gasteiger partial charge in [-0.05, 0) is 37.3 Å². The summed E-state index contributed by atoms with van der Waals surface area (Å²) in [5, 5.41) is 3.44. The summed E-state index contributed by atoms with van der Waals surface area (Å²) in [4.78, 5) is 12.4. The molecule has 2 aromatic carbocycles. The number of esters is 1. The standard InChI is InChI=1S/C21H27NO2/c1-4-24-21(23)20(15-16(2)18-11-7-5-8-12-18)22-17(3)19-13-9-6-10-14-19/h5-14,16-17,20,22H,4,15H2,1-3H3/t16-,17-,20?/m0/s1. The SMILES string of the molecule is CCOC(=O)C(C[C@H](C)c1ccccc1)N[C@@H](C)c1ccccc1. The van der Waals surface area contributed by atoms with Crippen LogP contribution in [0.4, 0.5) is 0 Å². The van der Waals surface area contributed by atoms with E-state index in [-0.39, 0.29) is 24.0 Å². The number of nitrogens with one attached hydrogen (secondary N) is 1. The fourth-order valence-electron chi connectivity index (χ4n) is 2.89. The van der Waals surface area contributed by atoms with Gasteiger partial charge in [-0.3, -0.25) is 10.1 Å². The molecule has 3 heteroatoms. The van der Waals surface area contributed by atoms with Crippen molar-refractivity contribution in [3.63, 3.8) is 0 Å². The molecule has 0 radical (unpaired) electrons. The van der Waals surface area contributed by atoms with E-state index in [9.17, 15) is 4.79 Å². The number of benzene rings is 2. The Morgan fingerprint density at radius 3 is 2.04 bits per heavy atom. The molecule has 3 atom stereocenters. The first-order valence-corrected chi connectivity index (χ1v) is 8.64. The summed E-state index contributed by atoms with van der Waals surface area (Å²) < 4.78 is 5.28. The largest absolute Gasteiger partial charge is 0.465 e. The molecule has 0 spiro atoms. The van der Waals surface area contributed by atoms with E-state index in [1.54, 1.807) is 0 Å². The smallest absolute Gasteiger partial charge is 0.323 e. The van der Waals surface area contributed by atoms with E-state index in [0.29, 0.717) is 13.0 Å². The Balaban J connectivity index is 2.08. The summed E-state index contributed by atoms with van der Waals surface area (Å²) in [6, 6.07) is 20.2. The molecule has 0 saturated heterocycles. The third kappa shape index (κ3) is 5.20. The minimum Gasteiger partial charge on any atom is -0.465 e. The van der Waals surface area contributed by atoms with Gasteiger partial charge in [-0.1, -0.05) is 67.6 Å². The first-order chi connectivity index (χ1) is 11.6. The molecule has 1 unspecified atom stereocenters. The molecule has 2 aromatic rings. The van der Waals surface area contributed by atoms with Gasteiger partial charge in [0.15, 0.2) is 0 Å². The highest BCUT2D eigenvalue weighted by atomic mass is 16.5. The van der Waals surface area contributed by atoms with Gasteiger partial charge in [0.25, 0.3) is 0 Å². The van der Waals surface area contributed by atoms with Crippen molar-refractivity contribution in [3.8, 4) is 0 Å². The zero-order valence-corrected chi connectivity index (χ0v) is 14.7. The molecule has 0 bridgehead atoms. The average Bonchev–Trinajstić information content (AvgIpc) is 2.62. The van der Waals surface area contributed by atoms with Crippen molar-refractivity contribution in [1.29, 1.82) is 0 Å². The number of hydrogen-bond donors (Lipinski definition) is 1. The predicted octanol–water partition coefficient (Wildman–Crippen LogP) is 4.46. The van der Waals surface area contributed by atoms with Crippen molar-refractivity contribution in [2.75, 3.05) is 6.61 Å². The summed E-state index contributed by atoms with van der Waals surface area (Å²) in [6.07, 6.45) is 0.708. The van der Waals surface area contributed by atoms with E-state index in [0.717, 1.165) is 0 Å². The third-order valence-electron chi connectivity index (χ3n) is 4.28. The van der Waals surface area contributed by atoms with E-state index in [2.05, 4.69) is 43.4 Å². The molecule has 0 fully saturated rings. The van der Waals surface area contributed by atoms with Gasteiger partial charge in [0.1, 0.15) is 6.04 Å². The molecule has 0 aliphatic rings. The van der Waals surface area contributed by atoms with E-state index in [1.165, 1.54) is 11.1 Å². The zero-order chi connectivity index (χ0) is 17.4. The highest BCUT2D eigenvalue weighted by molar-refractivity contribution is 5.76. The van der Waals surface area contributed by atoms with E-state index < -0.39 is 0 Å². The van der Waals surface area contributed by atoms with Crippen molar-refractivity contribution in [2.24, 2.45) is 0 Å². The lowest BCUT2D eigenvalue weighted by molar-refractivity contribution is -0.146. The molecular formula is C21H27NO2. The summed E-state index contributed by atoms with van der Waals surface area (Å²) in [5.41, 5.74) is 2.40. The van der Waals surface area contributed by atoms with Gasteiger partial charge < -0.3 is 4.74 Å². The molecule has 128 valence electrons. The maximum absolute atomic E-state index is 12.4. The first kappa shape index (κ1) is 18.2. The van der Waals surface area contributed by atoms with Crippen LogP contribution in [0.1, 0.15) is 50.3 Å². The molecular weight excluding hydrogens is 298 g/mol. The second-order valence-electron chi connectivity index (χ2n) is 6.15.